The molecule has 0 radical (unpaired) electrons. The summed E-state index contributed by atoms with van der Waals surface area (Å²) in [6.07, 6.45) is 12.2. The second-order valence-corrected chi connectivity index (χ2v) is 12.3. The molecular weight excluding hydrogens is 502 g/mol. The first kappa shape index (κ1) is 32.6. The molecule has 0 aromatic heterocycles. The molecule has 3 unspecified atom stereocenters. The first-order valence-corrected chi connectivity index (χ1v) is 15.8. The van der Waals surface area contributed by atoms with Crippen LogP contribution in [0.15, 0.2) is 18.2 Å². The van der Waals surface area contributed by atoms with Crippen molar-refractivity contribution in [1.82, 2.24) is 10.2 Å². The van der Waals surface area contributed by atoms with E-state index in [1.165, 1.54) is 43.4 Å². The molecule has 2 aliphatic heterocycles. The van der Waals surface area contributed by atoms with Crippen LogP contribution < -0.4 is 10.6 Å². The molecule has 3 rings (SSSR count). The molecule has 4 atom stereocenters. The number of aryl methyl sites for hydroxylation is 1. The van der Waals surface area contributed by atoms with E-state index in [0.717, 1.165) is 63.9 Å². The van der Waals surface area contributed by atoms with Gasteiger partial charge in [0.25, 0.3) is 0 Å². The number of amides is 1. The molecule has 226 valence electrons. The fourth-order valence-corrected chi connectivity index (χ4v) is 6.83. The van der Waals surface area contributed by atoms with Gasteiger partial charge in [-0.15, -0.1) is 0 Å². The Labute approximate surface area is 243 Å². The number of likely N-dealkylation sites (N-methyl/N-ethyl adjacent to an activating group) is 1. The maximum atomic E-state index is 12.4. The lowest BCUT2D eigenvalue weighted by Gasteiger charge is -2.31. The number of nitrogens with one attached hydrogen (secondary N) is 2. The van der Waals surface area contributed by atoms with Crippen molar-refractivity contribution in [2.24, 2.45) is 0 Å². The van der Waals surface area contributed by atoms with E-state index >= 15 is 0 Å². The van der Waals surface area contributed by atoms with Crippen LogP contribution in [-0.2, 0) is 25.5 Å². The number of fused-ring (bicyclic) bond motifs is 1. The Morgan fingerprint density at radius 2 is 2.02 bits per heavy atom. The third kappa shape index (κ3) is 9.02. The molecule has 0 bridgehead atoms. The predicted octanol–water partition coefficient (Wildman–Crippen LogP) is 5.86. The first-order valence-electron chi connectivity index (χ1n) is 15.8. The van der Waals surface area contributed by atoms with E-state index in [1.54, 1.807) is 7.05 Å². The molecule has 7 heteroatoms. The Hall–Kier alpha value is -1.96. The summed E-state index contributed by atoms with van der Waals surface area (Å²) < 4.78 is 12.5. The molecule has 2 N–H and O–H groups in total. The van der Waals surface area contributed by atoms with Crippen LogP contribution in [0.2, 0.25) is 0 Å². The third-order valence-corrected chi connectivity index (χ3v) is 8.95. The number of nitrogens with zero attached hydrogens (tertiary/aromatic N) is 1. The standard InChI is InChI=1S/C33H55N3O4/c1-6-11-28(17-23-39-24-27-16-19-33(4)18-10-20-36(27)33)40-22-9-13-26-12-7-14-29(31(26)25(2)3)35-30(15-8-21-37)32(38)34-5/h7,12,14,21,25,27-28,30,35H,6,8-11,13,15-20,22-24H2,1-5H3,(H,34,38)/t27?,28?,30?,33-/m0/s1. The van der Waals surface area contributed by atoms with Crippen LogP contribution >= 0.6 is 0 Å². The summed E-state index contributed by atoms with van der Waals surface area (Å²) in [4.78, 5) is 26.0. The number of aldehydes is 1. The smallest absolute Gasteiger partial charge is 0.242 e. The number of carbonyl (C=O) groups excluding carboxylic acids is 2. The average molecular weight is 558 g/mol. The van der Waals surface area contributed by atoms with Crippen molar-refractivity contribution in [2.45, 2.75) is 128 Å². The van der Waals surface area contributed by atoms with E-state index in [-0.39, 0.29) is 12.0 Å². The van der Waals surface area contributed by atoms with Crippen LogP contribution in [-0.4, -0.2) is 74.2 Å². The van der Waals surface area contributed by atoms with Crippen molar-refractivity contribution in [3.63, 3.8) is 0 Å². The van der Waals surface area contributed by atoms with E-state index in [0.29, 0.717) is 30.3 Å². The molecule has 0 aliphatic carbocycles. The molecule has 1 amide bonds. The van der Waals surface area contributed by atoms with Crippen molar-refractivity contribution in [3.8, 4) is 0 Å². The van der Waals surface area contributed by atoms with Gasteiger partial charge in [-0.2, -0.15) is 0 Å². The number of anilines is 1. The van der Waals surface area contributed by atoms with E-state index in [2.05, 4.69) is 55.4 Å². The van der Waals surface area contributed by atoms with Crippen molar-refractivity contribution in [1.29, 1.82) is 0 Å². The topological polar surface area (TPSA) is 79.9 Å². The van der Waals surface area contributed by atoms with Crippen molar-refractivity contribution in [2.75, 3.05) is 38.7 Å². The normalized spacial score (nSPS) is 22.3. The van der Waals surface area contributed by atoms with Gasteiger partial charge in [0.2, 0.25) is 5.91 Å². The minimum atomic E-state index is -0.433. The molecule has 0 spiro atoms. The van der Waals surface area contributed by atoms with Crippen LogP contribution in [0.25, 0.3) is 0 Å². The summed E-state index contributed by atoms with van der Waals surface area (Å²) in [6, 6.07) is 6.44. The Kier molecular flexibility index (Phi) is 13.4. The molecule has 2 aliphatic rings. The van der Waals surface area contributed by atoms with Crippen molar-refractivity contribution in [3.05, 3.63) is 29.3 Å². The van der Waals surface area contributed by atoms with E-state index in [1.807, 2.05) is 6.07 Å². The number of benzene rings is 1. The Morgan fingerprint density at radius 3 is 2.75 bits per heavy atom. The summed E-state index contributed by atoms with van der Waals surface area (Å²) in [5, 5.41) is 6.14. The zero-order valence-electron chi connectivity index (χ0n) is 25.8. The SMILES string of the molecule is CCCC(CCOCC1CC[C@]2(C)CCCN12)OCCCc1cccc(NC(CCC=O)C(=O)NC)c1C(C)C. The lowest BCUT2D eigenvalue weighted by molar-refractivity contribution is -0.121. The Morgan fingerprint density at radius 1 is 1.20 bits per heavy atom. The minimum absolute atomic E-state index is 0.0981. The number of hydrogen-bond donors (Lipinski definition) is 2. The predicted molar refractivity (Wildman–Crippen MR) is 163 cm³/mol. The van der Waals surface area contributed by atoms with Gasteiger partial charge >= 0.3 is 0 Å². The fourth-order valence-electron chi connectivity index (χ4n) is 6.83. The van der Waals surface area contributed by atoms with E-state index < -0.39 is 6.04 Å². The highest BCUT2D eigenvalue weighted by molar-refractivity contribution is 5.85. The largest absolute Gasteiger partial charge is 0.380 e. The van der Waals surface area contributed by atoms with Gasteiger partial charge in [-0.1, -0.05) is 39.3 Å². The van der Waals surface area contributed by atoms with Gasteiger partial charge in [0.15, 0.2) is 0 Å². The summed E-state index contributed by atoms with van der Waals surface area (Å²) in [7, 11) is 1.63. The Balaban J connectivity index is 1.47. The van der Waals surface area contributed by atoms with Gasteiger partial charge in [0, 0.05) is 44.0 Å². The number of carbonyl (C=O) groups is 2. The molecule has 7 nitrogen and oxygen atoms in total. The van der Waals surface area contributed by atoms with Gasteiger partial charge in [0.1, 0.15) is 12.3 Å². The van der Waals surface area contributed by atoms with Gasteiger partial charge in [-0.3, -0.25) is 9.69 Å². The highest BCUT2D eigenvalue weighted by Gasteiger charge is 2.45. The molecule has 1 aromatic carbocycles. The molecular formula is C33H55N3O4. The van der Waals surface area contributed by atoms with Gasteiger partial charge in [-0.25, -0.2) is 0 Å². The fraction of sp³-hybridized carbons (Fsp3) is 0.758. The number of rotatable bonds is 19. The number of hydrogen-bond acceptors (Lipinski definition) is 6. The molecule has 2 heterocycles. The van der Waals surface area contributed by atoms with Gasteiger partial charge < -0.3 is 24.9 Å². The molecule has 2 saturated heterocycles. The summed E-state index contributed by atoms with van der Waals surface area (Å²) >= 11 is 0. The van der Waals surface area contributed by atoms with E-state index in [4.69, 9.17) is 9.47 Å². The van der Waals surface area contributed by atoms with Gasteiger partial charge in [0.05, 0.1) is 12.7 Å². The van der Waals surface area contributed by atoms with Crippen LogP contribution in [0, 0.1) is 0 Å². The quantitative estimate of drug-likeness (QED) is 0.164. The van der Waals surface area contributed by atoms with E-state index in [9.17, 15) is 9.59 Å². The zero-order valence-corrected chi connectivity index (χ0v) is 25.8. The van der Waals surface area contributed by atoms with Crippen LogP contribution in [0.1, 0.15) is 109 Å². The lowest BCUT2D eigenvalue weighted by atomic mass is 9.92. The molecule has 2 fully saturated rings. The average Bonchev–Trinajstić information content (AvgIpc) is 3.47. The van der Waals surface area contributed by atoms with Gasteiger partial charge in [-0.05, 0) is 94.4 Å². The maximum absolute atomic E-state index is 12.4. The summed E-state index contributed by atoms with van der Waals surface area (Å²) in [5.41, 5.74) is 3.93. The Bertz CT molecular complexity index is 923. The van der Waals surface area contributed by atoms with Crippen LogP contribution in [0.5, 0.6) is 0 Å². The summed E-state index contributed by atoms with van der Waals surface area (Å²) in [6.45, 7) is 12.6. The first-order chi connectivity index (χ1) is 19.3. The van der Waals surface area contributed by atoms with Crippen molar-refractivity contribution < 1.29 is 19.1 Å². The molecule has 40 heavy (non-hydrogen) atoms. The van der Waals surface area contributed by atoms with Crippen molar-refractivity contribution >= 4 is 17.9 Å². The highest BCUT2D eigenvalue weighted by Crippen LogP contribution is 2.41. The monoisotopic (exact) mass is 557 g/mol. The molecule has 1 aromatic rings. The summed E-state index contributed by atoms with van der Waals surface area (Å²) in [5.74, 6) is 0.207. The second kappa shape index (κ2) is 16.5. The minimum Gasteiger partial charge on any atom is -0.380 e. The second-order valence-electron chi connectivity index (χ2n) is 12.3. The highest BCUT2D eigenvalue weighted by atomic mass is 16.5. The van der Waals surface area contributed by atoms with Crippen LogP contribution in [0.4, 0.5) is 5.69 Å². The molecule has 0 saturated carbocycles. The third-order valence-electron chi connectivity index (χ3n) is 8.95. The number of ether oxygens (including phenoxy) is 2. The lowest BCUT2D eigenvalue weighted by Crippen LogP contribution is -2.41. The maximum Gasteiger partial charge on any atom is 0.242 e. The van der Waals surface area contributed by atoms with Crippen LogP contribution in [0.3, 0.4) is 0 Å². The zero-order chi connectivity index (χ0) is 29.0.